The van der Waals surface area contributed by atoms with E-state index in [9.17, 15) is 14.4 Å². The van der Waals surface area contributed by atoms with Crippen LogP contribution in [0.3, 0.4) is 0 Å². The molecule has 2 amide bonds. The zero-order valence-electron chi connectivity index (χ0n) is 13.4. The van der Waals surface area contributed by atoms with Crippen LogP contribution in [0, 0.1) is 0 Å². The lowest BCUT2D eigenvalue weighted by Crippen LogP contribution is -2.49. The second-order valence-corrected chi connectivity index (χ2v) is 5.91. The van der Waals surface area contributed by atoms with Crippen molar-refractivity contribution in [2.24, 2.45) is 0 Å². The normalized spacial score (nSPS) is 12.3. The highest BCUT2D eigenvalue weighted by molar-refractivity contribution is 5.89. The monoisotopic (exact) mass is 326 g/mol. The second-order valence-electron chi connectivity index (χ2n) is 5.91. The van der Waals surface area contributed by atoms with Gasteiger partial charge in [0.15, 0.2) is 0 Å². The van der Waals surface area contributed by atoms with Crippen LogP contribution in [0.5, 0.6) is 0 Å². The summed E-state index contributed by atoms with van der Waals surface area (Å²) in [6.45, 7) is 5.29. The number of hydrogen-bond donors (Lipinski definition) is 4. The highest BCUT2D eigenvalue weighted by Gasteiger charge is 2.26. The van der Waals surface area contributed by atoms with Crippen LogP contribution in [-0.2, 0) is 20.7 Å². The molecule has 1 heterocycles. The summed E-state index contributed by atoms with van der Waals surface area (Å²) in [4.78, 5) is 41.3. The molecule has 0 saturated heterocycles. The molecule has 0 aliphatic carbocycles. The molecule has 0 aliphatic rings. The van der Waals surface area contributed by atoms with Crippen LogP contribution in [0.1, 0.15) is 32.9 Å². The van der Waals surface area contributed by atoms with Crippen LogP contribution < -0.4 is 10.6 Å². The van der Waals surface area contributed by atoms with E-state index >= 15 is 0 Å². The van der Waals surface area contributed by atoms with Crippen LogP contribution in [0.2, 0.25) is 0 Å². The number of imidazole rings is 1. The number of nitrogens with one attached hydrogen (secondary N) is 3. The third-order valence-corrected chi connectivity index (χ3v) is 2.63. The lowest BCUT2D eigenvalue weighted by Gasteiger charge is -2.22. The minimum absolute atomic E-state index is 0.285. The SMILES string of the molecule is CC(C)(C)OC(=O)N[C@@H](CC(=O)O)C(=O)NCCc1cnc[nH]1. The van der Waals surface area contributed by atoms with E-state index in [4.69, 9.17) is 9.84 Å². The lowest BCUT2D eigenvalue weighted by atomic mass is 10.2. The Kier molecular flexibility index (Phi) is 6.55. The smallest absolute Gasteiger partial charge is 0.408 e. The van der Waals surface area contributed by atoms with Crippen molar-refractivity contribution in [3.8, 4) is 0 Å². The molecule has 9 heteroatoms. The summed E-state index contributed by atoms with van der Waals surface area (Å²) in [6.07, 6.45) is 2.29. The first-order valence-corrected chi connectivity index (χ1v) is 7.13. The zero-order valence-corrected chi connectivity index (χ0v) is 13.4. The maximum atomic E-state index is 12.0. The van der Waals surface area contributed by atoms with E-state index in [1.54, 1.807) is 27.0 Å². The predicted octanol–water partition coefficient (Wildman–Crippen LogP) is 0.436. The molecule has 128 valence electrons. The number of hydrogen-bond acceptors (Lipinski definition) is 5. The van der Waals surface area contributed by atoms with Crippen molar-refractivity contribution in [3.63, 3.8) is 0 Å². The van der Waals surface area contributed by atoms with Gasteiger partial charge in [-0.15, -0.1) is 0 Å². The molecule has 0 radical (unpaired) electrons. The maximum absolute atomic E-state index is 12.0. The maximum Gasteiger partial charge on any atom is 0.408 e. The van der Waals surface area contributed by atoms with Gasteiger partial charge in [-0.25, -0.2) is 9.78 Å². The molecule has 1 atom stereocenters. The fourth-order valence-electron chi connectivity index (χ4n) is 1.70. The second kappa shape index (κ2) is 8.16. The van der Waals surface area contributed by atoms with Gasteiger partial charge in [-0.2, -0.15) is 0 Å². The fraction of sp³-hybridized carbons (Fsp3) is 0.571. The van der Waals surface area contributed by atoms with Crippen LogP contribution in [0.25, 0.3) is 0 Å². The third kappa shape index (κ3) is 7.84. The molecule has 0 aliphatic heterocycles. The van der Waals surface area contributed by atoms with Gasteiger partial charge in [0, 0.05) is 24.9 Å². The molecule has 0 aromatic carbocycles. The molecule has 0 unspecified atom stereocenters. The highest BCUT2D eigenvalue weighted by Crippen LogP contribution is 2.07. The van der Waals surface area contributed by atoms with Crippen molar-refractivity contribution in [1.29, 1.82) is 0 Å². The van der Waals surface area contributed by atoms with E-state index in [0.29, 0.717) is 6.42 Å². The van der Waals surface area contributed by atoms with Crippen molar-refractivity contribution in [1.82, 2.24) is 20.6 Å². The van der Waals surface area contributed by atoms with Gasteiger partial charge in [0.2, 0.25) is 5.91 Å². The van der Waals surface area contributed by atoms with E-state index in [2.05, 4.69) is 20.6 Å². The van der Waals surface area contributed by atoms with Gasteiger partial charge in [-0.3, -0.25) is 9.59 Å². The summed E-state index contributed by atoms with van der Waals surface area (Å²) in [6, 6.07) is -1.20. The summed E-state index contributed by atoms with van der Waals surface area (Å²) < 4.78 is 5.03. The van der Waals surface area contributed by atoms with Gasteiger partial charge in [0.1, 0.15) is 11.6 Å². The molecule has 23 heavy (non-hydrogen) atoms. The van der Waals surface area contributed by atoms with Gasteiger partial charge in [0.05, 0.1) is 12.7 Å². The number of H-pyrrole nitrogens is 1. The largest absolute Gasteiger partial charge is 0.481 e. The van der Waals surface area contributed by atoms with Gasteiger partial charge in [-0.05, 0) is 20.8 Å². The topological polar surface area (TPSA) is 133 Å². The average molecular weight is 326 g/mol. The van der Waals surface area contributed by atoms with Crippen LogP contribution in [-0.4, -0.2) is 51.2 Å². The Labute approximate surface area is 133 Å². The lowest BCUT2D eigenvalue weighted by molar-refractivity contribution is -0.139. The molecular formula is C14H22N4O5. The Morgan fingerprint density at radius 2 is 2.09 bits per heavy atom. The quantitative estimate of drug-likeness (QED) is 0.574. The first-order valence-electron chi connectivity index (χ1n) is 7.13. The molecule has 0 fully saturated rings. The predicted molar refractivity (Wildman–Crippen MR) is 80.7 cm³/mol. The molecule has 4 N–H and O–H groups in total. The first-order chi connectivity index (χ1) is 10.7. The van der Waals surface area contributed by atoms with Crippen LogP contribution in [0.15, 0.2) is 12.5 Å². The number of amides is 2. The van der Waals surface area contributed by atoms with E-state index in [1.807, 2.05) is 0 Å². The minimum atomic E-state index is -1.20. The Morgan fingerprint density at radius 1 is 1.39 bits per heavy atom. The third-order valence-electron chi connectivity index (χ3n) is 2.63. The van der Waals surface area contributed by atoms with E-state index in [0.717, 1.165) is 5.69 Å². The van der Waals surface area contributed by atoms with Crippen LogP contribution >= 0.6 is 0 Å². The molecule has 1 rings (SSSR count). The number of aliphatic carboxylic acids is 1. The summed E-state index contributed by atoms with van der Waals surface area (Å²) in [5.74, 6) is -1.78. The molecule has 1 aromatic heterocycles. The van der Waals surface area contributed by atoms with E-state index < -0.39 is 36.0 Å². The Hall–Kier alpha value is -2.58. The number of rotatable bonds is 7. The Bertz CT molecular complexity index is 536. The average Bonchev–Trinajstić information content (AvgIpc) is 2.88. The Balaban J connectivity index is 2.52. The van der Waals surface area contributed by atoms with Gasteiger partial charge < -0.3 is 25.5 Å². The van der Waals surface area contributed by atoms with Crippen LogP contribution in [0.4, 0.5) is 4.79 Å². The number of carboxylic acid groups (broad SMARTS) is 1. The first kappa shape index (κ1) is 18.5. The van der Waals surface area contributed by atoms with Crippen molar-refractivity contribution in [2.45, 2.75) is 45.3 Å². The number of carbonyl (C=O) groups excluding carboxylic acids is 2. The molecule has 0 bridgehead atoms. The number of aromatic nitrogens is 2. The number of carbonyl (C=O) groups is 3. The standard InChI is InChI=1S/C14H22N4O5/c1-14(2,3)23-13(22)18-10(6-11(19)20)12(21)16-5-4-9-7-15-8-17-9/h7-8,10H,4-6H2,1-3H3,(H,15,17)(H,16,21)(H,18,22)(H,19,20)/t10-/m0/s1. The number of alkyl carbamates (subject to hydrolysis) is 1. The van der Waals surface area contributed by atoms with Gasteiger partial charge in [0.25, 0.3) is 0 Å². The zero-order chi connectivity index (χ0) is 17.5. The van der Waals surface area contributed by atoms with Gasteiger partial charge >= 0.3 is 12.1 Å². The van der Waals surface area contributed by atoms with Gasteiger partial charge in [-0.1, -0.05) is 0 Å². The summed E-state index contributed by atoms with van der Waals surface area (Å²) >= 11 is 0. The van der Waals surface area contributed by atoms with E-state index in [1.165, 1.54) is 6.33 Å². The summed E-state index contributed by atoms with van der Waals surface area (Å²) in [5.41, 5.74) is 0.0924. The number of nitrogens with zero attached hydrogens (tertiary/aromatic N) is 1. The molecule has 1 aromatic rings. The molecule has 0 saturated carbocycles. The summed E-state index contributed by atoms with van der Waals surface area (Å²) in [7, 11) is 0. The molecule has 0 spiro atoms. The molecule has 9 nitrogen and oxygen atoms in total. The Morgan fingerprint density at radius 3 is 2.61 bits per heavy atom. The minimum Gasteiger partial charge on any atom is -0.481 e. The van der Waals surface area contributed by atoms with Crippen molar-refractivity contribution in [2.75, 3.05) is 6.54 Å². The summed E-state index contributed by atoms with van der Waals surface area (Å²) in [5, 5.41) is 13.7. The fourth-order valence-corrected chi connectivity index (χ4v) is 1.70. The van der Waals surface area contributed by atoms with Crippen molar-refractivity contribution in [3.05, 3.63) is 18.2 Å². The molecular weight excluding hydrogens is 304 g/mol. The number of carboxylic acids is 1. The number of aromatic amines is 1. The van der Waals surface area contributed by atoms with E-state index in [-0.39, 0.29) is 6.54 Å². The highest BCUT2D eigenvalue weighted by atomic mass is 16.6. The number of ether oxygens (including phenoxy) is 1. The van der Waals surface area contributed by atoms with Crippen molar-refractivity contribution >= 4 is 18.0 Å². The van der Waals surface area contributed by atoms with Crippen molar-refractivity contribution < 1.29 is 24.2 Å².